The van der Waals surface area contributed by atoms with Gasteiger partial charge in [-0.15, -0.1) is 0 Å². The molecule has 0 saturated carbocycles. The number of aromatic nitrogens is 4. The lowest BCUT2D eigenvalue weighted by Gasteiger charge is -2.13. The zero-order chi connectivity index (χ0) is 25.8. The average Bonchev–Trinajstić information content (AvgIpc) is 3.46. The van der Waals surface area contributed by atoms with E-state index in [4.69, 9.17) is 9.15 Å². The molecular weight excluding hydrogens is 473 g/mol. The largest absolute Gasteiger partial charge is 0.470 e. The molecule has 4 heterocycles. The molecule has 5 rings (SSSR count). The predicted octanol–water partition coefficient (Wildman–Crippen LogP) is 5.64. The lowest BCUT2D eigenvalue weighted by atomic mass is 9.96. The molecule has 0 bridgehead atoms. The van der Waals surface area contributed by atoms with E-state index in [0.29, 0.717) is 17.1 Å². The standard InChI is InChI=1S/C26H25F3N4O3/c1-13-5-7-18-16(6-8-21(18)30-13)10-17(34)12-35-22-11-20(26(27,28)29)23-24(32-33(4)25(23)31-22)19-9-14(2)36-15(19)3/h5,7,9,11,16H,6,8,10,12H2,1-4H3/t16-/m1/s1. The molecular formula is C26H25F3N4O3. The summed E-state index contributed by atoms with van der Waals surface area (Å²) in [5.41, 5.74) is 2.67. The van der Waals surface area contributed by atoms with Crippen molar-refractivity contribution >= 4 is 16.8 Å². The number of alkyl halides is 3. The number of pyridine rings is 2. The second-order valence-corrected chi connectivity index (χ2v) is 9.26. The van der Waals surface area contributed by atoms with Crippen molar-refractivity contribution in [3.8, 4) is 17.1 Å². The average molecular weight is 499 g/mol. The molecule has 0 unspecified atom stereocenters. The van der Waals surface area contributed by atoms with E-state index in [0.717, 1.165) is 35.9 Å². The summed E-state index contributed by atoms with van der Waals surface area (Å²) < 4.78 is 54.7. The normalized spacial score (nSPS) is 15.5. The van der Waals surface area contributed by atoms with Crippen molar-refractivity contribution in [2.75, 3.05) is 6.61 Å². The Hall–Kier alpha value is -3.69. The Morgan fingerprint density at radius 2 is 1.97 bits per heavy atom. The van der Waals surface area contributed by atoms with Crippen LogP contribution in [0.4, 0.5) is 13.2 Å². The SMILES string of the molecule is Cc1ccc2c(n1)CC[C@@H]2CC(=O)COc1cc(C(F)(F)F)c2c(-c3cc(C)oc3C)nn(C)c2n1. The zero-order valence-corrected chi connectivity index (χ0v) is 20.4. The number of ether oxygens (including phenoxy) is 1. The number of hydrogen-bond donors (Lipinski definition) is 0. The third-order valence-electron chi connectivity index (χ3n) is 6.54. The maximum Gasteiger partial charge on any atom is 0.417 e. The first kappa shape index (κ1) is 24.0. The van der Waals surface area contributed by atoms with E-state index in [1.807, 2.05) is 19.1 Å². The van der Waals surface area contributed by atoms with Crippen LogP contribution in [0.15, 0.2) is 28.7 Å². The molecule has 188 valence electrons. The van der Waals surface area contributed by atoms with E-state index < -0.39 is 11.7 Å². The van der Waals surface area contributed by atoms with Gasteiger partial charge in [0, 0.05) is 36.5 Å². The second-order valence-electron chi connectivity index (χ2n) is 9.26. The van der Waals surface area contributed by atoms with Gasteiger partial charge in [-0.05, 0) is 57.2 Å². The number of fused-ring (bicyclic) bond motifs is 2. The number of carbonyl (C=O) groups excluding carboxylic acids is 1. The molecule has 1 aliphatic rings. The van der Waals surface area contributed by atoms with Crippen LogP contribution < -0.4 is 4.74 Å². The molecule has 0 fully saturated rings. The van der Waals surface area contributed by atoms with E-state index in [-0.39, 0.29) is 47.3 Å². The maximum atomic E-state index is 14.1. The molecule has 4 aromatic heterocycles. The van der Waals surface area contributed by atoms with Gasteiger partial charge in [0.2, 0.25) is 5.88 Å². The van der Waals surface area contributed by atoms with E-state index >= 15 is 0 Å². The first-order chi connectivity index (χ1) is 17.0. The van der Waals surface area contributed by atoms with Gasteiger partial charge in [0.1, 0.15) is 23.8 Å². The molecule has 10 heteroatoms. The highest BCUT2D eigenvalue weighted by atomic mass is 19.4. The Bertz CT molecular complexity index is 1490. The summed E-state index contributed by atoms with van der Waals surface area (Å²) in [4.78, 5) is 21.5. The third-order valence-corrected chi connectivity index (χ3v) is 6.54. The van der Waals surface area contributed by atoms with Crippen molar-refractivity contribution in [1.29, 1.82) is 0 Å². The van der Waals surface area contributed by atoms with Crippen molar-refractivity contribution in [3.05, 3.63) is 58.3 Å². The number of aryl methyl sites for hydroxylation is 5. The Balaban J connectivity index is 1.41. The van der Waals surface area contributed by atoms with Gasteiger partial charge in [-0.25, -0.2) is 4.68 Å². The summed E-state index contributed by atoms with van der Waals surface area (Å²) in [6.07, 6.45) is -2.83. The molecule has 1 aliphatic carbocycles. The Labute approximate surface area is 205 Å². The predicted molar refractivity (Wildman–Crippen MR) is 126 cm³/mol. The number of furan rings is 1. The molecule has 0 saturated heterocycles. The summed E-state index contributed by atoms with van der Waals surface area (Å²) in [5.74, 6) is 0.579. The first-order valence-electron chi connectivity index (χ1n) is 11.6. The van der Waals surface area contributed by atoms with Crippen LogP contribution in [0.5, 0.6) is 5.88 Å². The maximum absolute atomic E-state index is 14.1. The fraction of sp³-hybridized carbons (Fsp3) is 0.385. The van der Waals surface area contributed by atoms with E-state index in [9.17, 15) is 18.0 Å². The summed E-state index contributed by atoms with van der Waals surface area (Å²) in [5, 5.41) is 4.17. The first-order valence-corrected chi connectivity index (χ1v) is 11.6. The van der Waals surface area contributed by atoms with E-state index in [1.54, 1.807) is 19.9 Å². The number of nitrogens with zero attached hydrogens (tertiary/aromatic N) is 4. The Morgan fingerprint density at radius 1 is 1.19 bits per heavy atom. The van der Waals surface area contributed by atoms with E-state index in [2.05, 4.69) is 15.1 Å². The van der Waals surface area contributed by atoms with Crippen molar-refractivity contribution in [3.63, 3.8) is 0 Å². The molecule has 36 heavy (non-hydrogen) atoms. The molecule has 4 aromatic rings. The van der Waals surface area contributed by atoms with Crippen LogP contribution in [0.1, 0.15) is 52.8 Å². The number of halogens is 3. The quantitative estimate of drug-likeness (QED) is 0.342. The van der Waals surface area contributed by atoms with Crippen LogP contribution >= 0.6 is 0 Å². The van der Waals surface area contributed by atoms with Crippen LogP contribution in [0.2, 0.25) is 0 Å². The van der Waals surface area contributed by atoms with Crippen molar-refractivity contribution < 1.29 is 27.1 Å². The van der Waals surface area contributed by atoms with Crippen LogP contribution in [-0.4, -0.2) is 32.1 Å². The summed E-state index contributed by atoms with van der Waals surface area (Å²) in [7, 11) is 1.52. The van der Waals surface area contributed by atoms with Crippen LogP contribution in [0.3, 0.4) is 0 Å². The van der Waals surface area contributed by atoms with Gasteiger partial charge in [0.05, 0.1) is 10.9 Å². The topological polar surface area (TPSA) is 83.0 Å². The fourth-order valence-corrected chi connectivity index (χ4v) is 4.94. The van der Waals surface area contributed by atoms with Gasteiger partial charge >= 0.3 is 6.18 Å². The number of Topliss-reactive ketones (excluding diaryl/α,β-unsaturated/α-hetero) is 1. The molecule has 0 aliphatic heterocycles. The van der Waals surface area contributed by atoms with Gasteiger partial charge in [-0.3, -0.25) is 9.78 Å². The van der Waals surface area contributed by atoms with Crippen molar-refractivity contribution in [1.82, 2.24) is 19.7 Å². The van der Waals surface area contributed by atoms with Crippen LogP contribution in [0, 0.1) is 20.8 Å². The van der Waals surface area contributed by atoms with Gasteiger partial charge < -0.3 is 9.15 Å². The molecule has 1 atom stereocenters. The van der Waals surface area contributed by atoms with Gasteiger partial charge in [-0.1, -0.05) is 6.07 Å². The minimum atomic E-state index is -4.69. The Kier molecular flexibility index (Phi) is 5.84. The summed E-state index contributed by atoms with van der Waals surface area (Å²) >= 11 is 0. The fourth-order valence-electron chi connectivity index (χ4n) is 4.94. The summed E-state index contributed by atoms with van der Waals surface area (Å²) in [6, 6.07) is 6.40. The Morgan fingerprint density at radius 3 is 2.67 bits per heavy atom. The third kappa shape index (κ3) is 4.36. The molecule has 0 aromatic carbocycles. The molecule has 0 spiro atoms. The number of hydrogen-bond acceptors (Lipinski definition) is 6. The van der Waals surface area contributed by atoms with Crippen LogP contribution in [-0.2, 0) is 24.4 Å². The van der Waals surface area contributed by atoms with Gasteiger partial charge in [0.15, 0.2) is 11.4 Å². The van der Waals surface area contributed by atoms with Crippen molar-refractivity contribution in [2.24, 2.45) is 7.05 Å². The highest BCUT2D eigenvalue weighted by Crippen LogP contribution is 2.41. The van der Waals surface area contributed by atoms with Gasteiger partial charge in [0.25, 0.3) is 0 Å². The van der Waals surface area contributed by atoms with Crippen molar-refractivity contribution in [2.45, 2.75) is 52.1 Å². The second kappa shape index (κ2) is 8.76. The van der Waals surface area contributed by atoms with E-state index in [1.165, 1.54) is 11.7 Å². The molecule has 0 amide bonds. The number of rotatable bonds is 6. The number of ketones is 1. The van der Waals surface area contributed by atoms with Crippen LogP contribution in [0.25, 0.3) is 22.3 Å². The molecule has 7 nitrogen and oxygen atoms in total. The summed E-state index contributed by atoms with van der Waals surface area (Å²) in [6.45, 7) is 4.95. The smallest absolute Gasteiger partial charge is 0.417 e. The minimum absolute atomic E-state index is 0.00620. The molecule has 0 radical (unpaired) electrons. The monoisotopic (exact) mass is 498 g/mol. The number of carbonyl (C=O) groups is 1. The minimum Gasteiger partial charge on any atom is -0.470 e. The lowest BCUT2D eigenvalue weighted by molar-refractivity contribution is -0.136. The highest BCUT2D eigenvalue weighted by molar-refractivity contribution is 5.95. The molecule has 0 N–H and O–H groups in total. The highest BCUT2D eigenvalue weighted by Gasteiger charge is 2.37. The zero-order valence-electron chi connectivity index (χ0n) is 20.4. The lowest BCUT2D eigenvalue weighted by Crippen LogP contribution is -2.15. The van der Waals surface area contributed by atoms with Gasteiger partial charge in [-0.2, -0.15) is 23.3 Å².